The lowest BCUT2D eigenvalue weighted by molar-refractivity contribution is -0.119. The molecule has 7 heteroatoms. The van der Waals surface area contributed by atoms with E-state index in [-0.39, 0.29) is 18.6 Å². The van der Waals surface area contributed by atoms with E-state index in [0.717, 1.165) is 15.5 Å². The number of nitrogens with zero attached hydrogens (tertiary/aromatic N) is 2. The van der Waals surface area contributed by atoms with Crippen molar-refractivity contribution in [2.45, 2.75) is 32.5 Å². The van der Waals surface area contributed by atoms with Crippen LogP contribution in [0.15, 0.2) is 53.0 Å². The molecule has 2 atom stereocenters. The summed E-state index contributed by atoms with van der Waals surface area (Å²) in [5.41, 5.74) is 1.73. The molecule has 1 amide bonds. The van der Waals surface area contributed by atoms with Gasteiger partial charge >= 0.3 is 0 Å². The number of fused-ring (bicyclic) bond motifs is 1. The normalized spacial score (nSPS) is 13.3. The predicted octanol–water partition coefficient (Wildman–Crippen LogP) is 3.44. The number of hydrogen-bond acceptors (Lipinski definition) is 4. The van der Waals surface area contributed by atoms with Gasteiger partial charge < -0.3 is 19.7 Å². The van der Waals surface area contributed by atoms with Gasteiger partial charge in [-0.15, -0.1) is 0 Å². The first-order valence-electron chi connectivity index (χ1n) is 8.72. The van der Waals surface area contributed by atoms with Crippen LogP contribution in [0.25, 0.3) is 11.0 Å². The third-order valence-corrected chi connectivity index (χ3v) is 4.67. The number of amides is 1. The summed E-state index contributed by atoms with van der Waals surface area (Å²) >= 11 is 3.38. The number of aliphatic hydroxyl groups is 1. The summed E-state index contributed by atoms with van der Waals surface area (Å²) in [6, 6.07) is 14.9. The van der Waals surface area contributed by atoms with Gasteiger partial charge in [0.05, 0.1) is 23.6 Å². The van der Waals surface area contributed by atoms with Crippen molar-refractivity contribution in [3.05, 3.63) is 58.8 Å². The number of nitrogens with one attached hydrogen (secondary N) is 1. The second-order valence-electron chi connectivity index (χ2n) is 6.41. The summed E-state index contributed by atoms with van der Waals surface area (Å²) in [6.07, 6.45) is -0.727. The maximum Gasteiger partial charge on any atom is 0.217 e. The van der Waals surface area contributed by atoms with Crippen LogP contribution in [-0.4, -0.2) is 33.3 Å². The standard InChI is InChI=1S/C20H22BrN3O3/c1-13(22-14(2)25)20-23-18-5-3-4-6-19(18)24(20)11-16(26)12-27-17-9-7-15(21)8-10-17/h3-10,13,16,26H,11-12H2,1-2H3,(H,22,25)/t13-,16-/m1/s1. The van der Waals surface area contributed by atoms with E-state index in [1.165, 1.54) is 6.92 Å². The third kappa shape index (κ3) is 4.87. The number of halogens is 1. The number of imidazole rings is 1. The number of aliphatic hydroxyl groups excluding tert-OH is 1. The number of benzene rings is 2. The number of carbonyl (C=O) groups excluding carboxylic acids is 1. The lowest BCUT2D eigenvalue weighted by atomic mass is 10.2. The Morgan fingerprint density at radius 1 is 1.26 bits per heavy atom. The van der Waals surface area contributed by atoms with Crippen molar-refractivity contribution in [1.29, 1.82) is 0 Å². The van der Waals surface area contributed by atoms with E-state index in [1.54, 1.807) is 0 Å². The first-order valence-corrected chi connectivity index (χ1v) is 9.52. The van der Waals surface area contributed by atoms with Gasteiger partial charge in [0.2, 0.25) is 5.91 Å². The first kappa shape index (κ1) is 19.4. The molecular weight excluding hydrogens is 410 g/mol. The highest BCUT2D eigenvalue weighted by Crippen LogP contribution is 2.22. The van der Waals surface area contributed by atoms with Crippen molar-refractivity contribution in [2.24, 2.45) is 0 Å². The summed E-state index contributed by atoms with van der Waals surface area (Å²) in [4.78, 5) is 16.1. The van der Waals surface area contributed by atoms with Gasteiger partial charge in [-0.25, -0.2) is 4.98 Å². The zero-order valence-electron chi connectivity index (χ0n) is 15.2. The van der Waals surface area contributed by atoms with Crippen molar-refractivity contribution in [2.75, 3.05) is 6.61 Å². The van der Waals surface area contributed by atoms with Crippen LogP contribution in [0, 0.1) is 0 Å². The van der Waals surface area contributed by atoms with Crippen molar-refractivity contribution >= 4 is 32.9 Å². The lowest BCUT2D eigenvalue weighted by Gasteiger charge is -2.18. The average Bonchev–Trinajstić information content (AvgIpc) is 2.99. The van der Waals surface area contributed by atoms with Gasteiger partial charge in [-0.05, 0) is 43.3 Å². The summed E-state index contributed by atoms with van der Waals surface area (Å²) < 4.78 is 8.58. The van der Waals surface area contributed by atoms with Crippen LogP contribution in [0.1, 0.15) is 25.7 Å². The molecule has 3 rings (SSSR count). The summed E-state index contributed by atoms with van der Waals surface area (Å²) in [7, 11) is 0. The smallest absolute Gasteiger partial charge is 0.217 e. The van der Waals surface area contributed by atoms with E-state index in [9.17, 15) is 9.90 Å². The minimum Gasteiger partial charge on any atom is -0.491 e. The van der Waals surface area contributed by atoms with E-state index in [2.05, 4.69) is 26.2 Å². The molecule has 0 aliphatic carbocycles. The van der Waals surface area contributed by atoms with E-state index in [0.29, 0.717) is 18.1 Å². The van der Waals surface area contributed by atoms with E-state index < -0.39 is 6.10 Å². The van der Waals surface area contributed by atoms with Gasteiger partial charge in [0, 0.05) is 11.4 Å². The number of carbonyl (C=O) groups is 1. The molecule has 0 aliphatic rings. The molecule has 3 aromatic rings. The fourth-order valence-corrected chi connectivity index (χ4v) is 3.24. The van der Waals surface area contributed by atoms with Gasteiger partial charge in [-0.3, -0.25) is 4.79 Å². The second-order valence-corrected chi connectivity index (χ2v) is 7.33. The maximum atomic E-state index is 11.4. The fraction of sp³-hybridized carbons (Fsp3) is 0.300. The predicted molar refractivity (Wildman–Crippen MR) is 108 cm³/mol. The Kier molecular flexibility index (Phi) is 6.13. The molecule has 2 N–H and O–H groups in total. The van der Waals surface area contributed by atoms with E-state index >= 15 is 0 Å². The molecule has 0 fully saturated rings. The number of ether oxygens (including phenoxy) is 1. The molecule has 2 aromatic carbocycles. The Bertz CT molecular complexity index is 924. The minimum absolute atomic E-state index is 0.125. The minimum atomic E-state index is -0.727. The molecule has 0 saturated heterocycles. The molecular formula is C20H22BrN3O3. The van der Waals surface area contributed by atoms with Gasteiger partial charge in [-0.1, -0.05) is 28.1 Å². The van der Waals surface area contributed by atoms with Gasteiger partial charge in [0.15, 0.2) is 0 Å². The molecule has 142 valence electrons. The number of para-hydroxylation sites is 2. The van der Waals surface area contributed by atoms with Crippen LogP contribution in [0.2, 0.25) is 0 Å². The molecule has 27 heavy (non-hydrogen) atoms. The van der Waals surface area contributed by atoms with Crippen molar-refractivity contribution in [3.8, 4) is 5.75 Å². The summed E-state index contributed by atoms with van der Waals surface area (Å²) in [5.74, 6) is 1.27. The highest BCUT2D eigenvalue weighted by molar-refractivity contribution is 9.10. The van der Waals surface area contributed by atoms with Crippen molar-refractivity contribution in [3.63, 3.8) is 0 Å². The highest BCUT2D eigenvalue weighted by Gasteiger charge is 2.19. The van der Waals surface area contributed by atoms with Crippen LogP contribution < -0.4 is 10.1 Å². The molecule has 0 radical (unpaired) electrons. The molecule has 0 bridgehead atoms. The number of aromatic nitrogens is 2. The zero-order chi connectivity index (χ0) is 19.4. The molecule has 1 heterocycles. The van der Waals surface area contributed by atoms with E-state index in [4.69, 9.17) is 4.74 Å². The molecule has 1 aromatic heterocycles. The molecule has 0 unspecified atom stereocenters. The molecule has 0 aliphatic heterocycles. The Balaban J connectivity index is 1.77. The Morgan fingerprint density at radius 2 is 1.96 bits per heavy atom. The molecule has 6 nitrogen and oxygen atoms in total. The van der Waals surface area contributed by atoms with Crippen LogP contribution in [-0.2, 0) is 11.3 Å². The number of hydrogen-bond donors (Lipinski definition) is 2. The third-order valence-electron chi connectivity index (χ3n) is 4.14. The quantitative estimate of drug-likeness (QED) is 0.600. The largest absolute Gasteiger partial charge is 0.491 e. The Labute approximate surface area is 166 Å². The summed E-state index contributed by atoms with van der Waals surface area (Å²) in [5, 5.41) is 13.4. The first-order chi connectivity index (χ1) is 12.9. The highest BCUT2D eigenvalue weighted by atomic mass is 79.9. The zero-order valence-corrected chi connectivity index (χ0v) is 16.8. The monoisotopic (exact) mass is 431 g/mol. The van der Waals surface area contributed by atoms with Crippen molar-refractivity contribution in [1.82, 2.24) is 14.9 Å². The topological polar surface area (TPSA) is 76.4 Å². The Hall–Kier alpha value is -2.38. The number of rotatable bonds is 7. The SMILES string of the molecule is CC(=O)N[C@H](C)c1nc2ccccc2n1C[C@@H](O)COc1ccc(Br)cc1. The summed E-state index contributed by atoms with van der Waals surface area (Å²) in [6.45, 7) is 3.83. The average molecular weight is 432 g/mol. The van der Waals surface area contributed by atoms with Gasteiger partial charge in [-0.2, -0.15) is 0 Å². The Morgan fingerprint density at radius 3 is 2.67 bits per heavy atom. The maximum absolute atomic E-state index is 11.4. The van der Waals surface area contributed by atoms with Gasteiger partial charge in [0.1, 0.15) is 24.3 Å². The second kappa shape index (κ2) is 8.54. The molecule has 0 saturated carbocycles. The van der Waals surface area contributed by atoms with Crippen LogP contribution in [0.3, 0.4) is 0 Å². The van der Waals surface area contributed by atoms with Crippen LogP contribution in [0.5, 0.6) is 5.75 Å². The van der Waals surface area contributed by atoms with Crippen LogP contribution >= 0.6 is 15.9 Å². The van der Waals surface area contributed by atoms with Crippen LogP contribution in [0.4, 0.5) is 0 Å². The van der Waals surface area contributed by atoms with Gasteiger partial charge in [0.25, 0.3) is 0 Å². The molecule has 0 spiro atoms. The fourth-order valence-electron chi connectivity index (χ4n) is 2.97. The lowest BCUT2D eigenvalue weighted by Crippen LogP contribution is -2.29. The van der Waals surface area contributed by atoms with Crippen molar-refractivity contribution < 1.29 is 14.6 Å². The van der Waals surface area contributed by atoms with E-state index in [1.807, 2.05) is 60.0 Å².